The molecule has 0 saturated heterocycles. The summed E-state index contributed by atoms with van der Waals surface area (Å²) in [4.78, 5) is 28.3. The number of hydrogen-bond donors (Lipinski definition) is 2. The molecule has 3 aromatic rings. The monoisotopic (exact) mass is 414 g/mol. The highest BCUT2D eigenvalue weighted by Crippen LogP contribution is 2.26. The summed E-state index contributed by atoms with van der Waals surface area (Å²) < 4.78 is 4.70. The van der Waals surface area contributed by atoms with Crippen LogP contribution >= 0.6 is 11.6 Å². The van der Waals surface area contributed by atoms with E-state index >= 15 is 0 Å². The summed E-state index contributed by atoms with van der Waals surface area (Å²) in [5.41, 5.74) is 3.48. The molecule has 0 radical (unpaired) electrons. The molecule has 1 amide bonds. The van der Waals surface area contributed by atoms with Gasteiger partial charge in [0.1, 0.15) is 0 Å². The topological polar surface area (TPSA) is 97.0 Å². The molecule has 0 aliphatic heterocycles. The number of benzene rings is 1. The number of methoxy groups -OCH3 is 1. The number of hydrogen-bond acceptors (Lipinski definition) is 5. The number of H-pyrrole nitrogens is 1. The van der Waals surface area contributed by atoms with Crippen molar-refractivity contribution < 1.29 is 14.3 Å². The van der Waals surface area contributed by atoms with Crippen molar-refractivity contribution >= 4 is 34.4 Å². The van der Waals surface area contributed by atoms with Gasteiger partial charge in [-0.3, -0.25) is 14.9 Å². The number of amides is 1. The zero-order valence-corrected chi connectivity index (χ0v) is 17.3. The molecule has 0 unspecified atom stereocenters. The SMILES string of the molecule is COC(=O)c1ccnc(CNC(=O)Cc2cc(Cl)cc3c(CC(C)C)[nH]nc23)c1. The molecule has 2 aromatic heterocycles. The van der Waals surface area contributed by atoms with E-state index in [1.54, 1.807) is 18.2 Å². The molecule has 0 spiro atoms. The van der Waals surface area contributed by atoms with Crippen LogP contribution in [0.2, 0.25) is 5.02 Å². The van der Waals surface area contributed by atoms with Gasteiger partial charge in [-0.2, -0.15) is 5.10 Å². The average molecular weight is 415 g/mol. The summed E-state index contributed by atoms with van der Waals surface area (Å²) in [6, 6.07) is 6.79. The van der Waals surface area contributed by atoms with Gasteiger partial charge in [0.25, 0.3) is 0 Å². The van der Waals surface area contributed by atoms with Crippen LogP contribution < -0.4 is 5.32 Å². The van der Waals surface area contributed by atoms with E-state index in [1.165, 1.54) is 13.3 Å². The van der Waals surface area contributed by atoms with Crippen LogP contribution in [0.25, 0.3) is 10.9 Å². The number of fused-ring (bicyclic) bond motifs is 1. The summed E-state index contributed by atoms with van der Waals surface area (Å²) in [6.45, 7) is 4.47. The van der Waals surface area contributed by atoms with Gasteiger partial charge in [-0.05, 0) is 42.2 Å². The second kappa shape index (κ2) is 9.05. The minimum atomic E-state index is -0.447. The van der Waals surface area contributed by atoms with Crippen molar-refractivity contribution in [2.24, 2.45) is 5.92 Å². The Balaban J connectivity index is 1.72. The number of rotatable bonds is 7. The number of ether oxygens (including phenoxy) is 1. The van der Waals surface area contributed by atoms with Crippen LogP contribution in [0.3, 0.4) is 0 Å². The molecule has 0 aliphatic carbocycles. The molecule has 2 N–H and O–H groups in total. The molecule has 0 aliphatic rings. The number of aromatic nitrogens is 3. The number of nitrogens with zero attached hydrogens (tertiary/aromatic N) is 2. The molecular formula is C21H23ClN4O3. The van der Waals surface area contributed by atoms with Crippen LogP contribution in [0.1, 0.15) is 41.2 Å². The number of aromatic amines is 1. The highest BCUT2D eigenvalue weighted by Gasteiger charge is 2.15. The fraction of sp³-hybridized carbons (Fsp3) is 0.333. The minimum absolute atomic E-state index is 0.139. The van der Waals surface area contributed by atoms with Crippen molar-refractivity contribution in [3.8, 4) is 0 Å². The molecule has 152 valence electrons. The first kappa shape index (κ1) is 20.8. The lowest BCUT2D eigenvalue weighted by molar-refractivity contribution is -0.120. The third kappa shape index (κ3) is 5.12. The Hall–Kier alpha value is -2.93. The van der Waals surface area contributed by atoms with Gasteiger partial charge >= 0.3 is 5.97 Å². The second-order valence-corrected chi connectivity index (χ2v) is 7.68. The fourth-order valence-corrected chi connectivity index (χ4v) is 3.39. The zero-order chi connectivity index (χ0) is 21.0. The fourth-order valence-electron chi connectivity index (χ4n) is 3.14. The highest BCUT2D eigenvalue weighted by molar-refractivity contribution is 6.31. The Labute approximate surface area is 173 Å². The maximum Gasteiger partial charge on any atom is 0.337 e. The van der Waals surface area contributed by atoms with Gasteiger partial charge in [0, 0.05) is 22.3 Å². The van der Waals surface area contributed by atoms with Crippen LogP contribution in [0.15, 0.2) is 30.5 Å². The number of halogens is 1. The molecule has 3 rings (SSSR count). The number of pyridine rings is 1. The van der Waals surface area contributed by atoms with E-state index in [0.717, 1.165) is 28.6 Å². The molecule has 0 fully saturated rings. The van der Waals surface area contributed by atoms with E-state index in [2.05, 4.69) is 34.3 Å². The van der Waals surface area contributed by atoms with E-state index in [9.17, 15) is 9.59 Å². The molecule has 7 nitrogen and oxygen atoms in total. The Bertz CT molecular complexity index is 1050. The Kier molecular flexibility index (Phi) is 6.49. The van der Waals surface area contributed by atoms with Gasteiger partial charge in [-0.25, -0.2) is 4.79 Å². The van der Waals surface area contributed by atoms with Gasteiger partial charge in [-0.15, -0.1) is 0 Å². The molecule has 0 atom stereocenters. The Morgan fingerprint density at radius 1 is 1.28 bits per heavy atom. The molecule has 29 heavy (non-hydrogen) atoms. The van der Waals surface area contributed by atoms with E-state index in [4.69, 9.17) is 16.3 Å². The maximum atomic E-state index is 12.5. The van der Waals surface area contributed by atoms with Crippen molar-refractivity contribution in [2.75, 3.05) is 7.11 Å². The predicted octanol–water partition coefficient (Wildman–Crippen LogP) is 3.46. The van der Waals surface area contributed by atoms with Crippen molar-refractivity contribution in [2.45, 2.75) is 33.2 Å². The van der Waals surface area contributed by atoms with Crippen molar-refractivity contribution in [1.82, 2.24) is 20.5 Å². The van der Waals surface area contributed by atoms with Gasteiger partial charge < -0.3 is 10.1 Å². The van der Waals surface area contributed by atoms with Crippen molar-refractivity contribution in [1.29, 1.82) is 0 Å². The summed E-state index contributed by atoms with van der Waals surface area (Å²) in [7, 11) is 1.32. The first-order valence-electron chi connectivity index (χ1n) is 9.32. The normalized spacial score (nSPS) is 11.1. The number of carbonyl (C=O) groups excluding carboxylic acids is 2. The van der Waals surface area contributed by atoms with Gasteiger partial charge in [0.15, 0.2) is 0 Å². The average Bonchev–Trinajstić information content (AvgIpc) is 3.08. The predicted molar refractivity (Wildman–Crippen MR) is 111 cm³/mol. The summed E-state index contributed by atoms with van der Waals surface area (Å²) in [5, 5.41) is 11.8. The maximum absolute atomic E-state index is 12.5. The zero-order valence-electron chi connectivity index (χ0n) is 16.6. The molecule has 1 aromatic carbocycles. The van der Waals surface area contributed by atoms with E-state index < -0.39 is 5.97 Å². The number of esters is 1. The van der Waals surface area contributed by atoms with E-state index in [1.807, 2.05) is 6.07 Å². The van der Waals surface area contributed by atoms with Gasteiger partial charge in [-0.1, -0.05) is 25.4 Å². The lowest BCUT2D eigenvalue weighted by Gasteiger charge is -2.08. The van der Waals surface area contributed by atoms with Crippen LogP contribution in [0.5, 0.6) is 0 Å². The summed E-state index contributed by atoms with van der Waals surface area (Å²) in [5.74, 6) is -0.165. The largest absolute Gasteiger partial charge is 0.465 e. The van der Waals surface area contributed by atoms with Crippen molar-refractivity contribution in [3.63, 3.8) is 0 Å². The summed E-state index contributed by atoms with van der Waals surface area (Å²) in [6.07, 6.45) is 2.50. The minimum Gasteiger partial charge on any atom is -0.465 e. The van der Waals surface area contributed by atoms with Crippen LogP contribution in [-0.2, 0) is 28.9 Å². The number of nitrogens with one attached hydrogen (secondary N) is 2. The number of carbonyl (C=O) groups is 2. The summed E-state index contributed by atoms with van der Waals surface area (Å²) >= 11 is 6.28. The Morgan fingerprint density at radius 3 is 2.79 bits per heavy atom. The lowest BCUT2D eigenvalue weighted by atomic mass is 10.0. The highest BCUT2D eigenvalue weighted by atomic mass is 35.5. The van der Waals surface area contributed by atoms with Crippen LogP contribution in [-0.4, -0.2) is 34.2 Å². The quantitative estimate of drug-likeness (QED) is 0.577. The molecular weight excluding hydrogens is 392 g/mol. The van der Waals surface area contributed by atoms with Crippen LogP contribution in [0.4, 0.5) is 0 Å². The molecule has 8 heteroatoms. The van der Waals surface area contributed by atoms with Gasteiger partial charge in [0.2, 0.25) is 5.91 Å². The molecule has 0 bridgehead atoms. The molecule has 0 saturated carbocycles. The van der Waals surface area contributed by atoms with E-state index in [-0.39, 0.29) is 18.9 Å². The first-order valence-corrected chi connectivity index (χ1v) is 9.70. The Morgan fingerprint density at radius 2 is 2.07 bits per heavy atom. The van der Waals surface area contributed by atoms with Crippen LogP contribution in [0, 0.1) is 5.92 Å². The van der Waals surface area contributed by atoms with Gasteiger partial charge in [0.05, 0.1) is 36.8 Å². The smallest absolute Gasteiger partial charge is 0.337 e. The second-order valence-electron chi connectivity index (χ2n) is 7.24. The van der Waals surface area contributed by atoms with Crippen molar-refractivity contribution in [3.05, 3.63) is 58.0 Å². The third-order valence-electron chi connectivity index (χ3n) is 4.45. The first-order chi connectivity index (χ1) is 13.9. The lowest BCUT2D eigenvalue weighted by Crippen LogP contribution is -2.25. The van der Waals surface area contributed by atoms with E-state index in [0.29, 0.717) is 22.2 Å². The third-order valence-corrected chi connectivity index (χ3v) is 4.67. The standard InChI is InChI=1S/C21H23ClN4O3/c1-12(2)6-18-17-10-15(22)7-14(20(17)26-25-18)9-19(27)24-11-16-8-13(4-5-23-16)21(28)29-3/h4-5,7-8,10,12H,6,9,11H2,1-3H3,(H,24,27)(H,25,26). The molecule has 2 heterocycles.